The number of allylic oxidation sites excluding steroid dienone is 7. The van der Waals surface area contributed by atoms with Gasteiger partial charge in [-0.3, -0.25) is 9.45 Å². The molecule has 1 unspecified atom stereocenters. The number of carbonyl (C=O) groups excluding carboxylic acids is 1. The Kier molecular flexibility index (Phi) is 15.5. The lowest BCUT2D eigenvalue weighted by atomic mass is 9.80. The summed E-state index contributed by atoms with van der Waals surface area (Å²) in [6, 6.07) is 16.0. The molecule has 0 radical (unpaired) electrons. The first-order valence-electron chi connectivity index (χ1n) is 23.1. The van der Waals surface area contributed by atoms with Crippen LogP contribution in [0.4, 0.5) is 16.2 Å². The zero-order chi connectivity index (χ0) is 47.3. The SMILES string of the molecule is CC(C)(C)OC(=O)N(C1=C(/C=C/C2=[N+](CCCCS(=O)O)c3ccc(C#N)cc3C2(C)C)CCC/C1=C\C=C1\N(CCCCS(=O)(=O)O)c2ccc(C#N)cc2C1(C)C)C1CCCCC1. The van der Waals surface area contributed by atoms with Gasteiger partial charge in [-0.1, -0.05) is 45.3 Å². The van der Waals surface area contributed by atoms with Gasteiger partial charge in [0.25, 0.3) is 10.1 Å². The third-order valence-electron chi connectivity index (χ3n) is 13.2. The van der Waals surface area contributed by atoms with E-state index in [1.165, 1.54) is 0 Å². The van der Waals surface area contributed by atoms with Gasteiger partial charge in [0.2, 0.25) is 5.69 Å². The molecule has 348 valence electrons. The molecule has 2 aliphatic heterocycles. The van der Waals surface area contributed by atoms with Gasteiger partial charge in [-0.15, -0.1) is 0 Å². The van der Waals surface area contributed by atoms with Crippen LogP contribution >= 0.6 is 0 Å². The maximum Gasteiger partial charge on any atom is 0.415 e. The van der Waals surface area contributed by atoms with Crippen LogP contribution in [0, 0.1) is 22.7 Å². The maximum absolute atomic E-state index is 14.7. The smallest absolute Gasteiger partial charge is 0.415 e. The number of fused-ring (bicyclic) bond motifs is 2. The van der Waals surface area contributed by atoms with Gasteiger partial charge in [-0.25, -0.2) is 9.00 Å². The lowest BCUT2D eigenvalue weighted by Crippen LogP contribution is -2.45. The van der Waals surface area contributed by atoms with Gasteiger partial charge in [0.1, 0.15) is 12.1 Å². The lowest BCUT2D eigenvalue weighted by molar-refractivity contribution is -0.438. The first-order valence-corrected chi connectivity index (χ1v) is 25.9. The third kappa shape index (κ3) is 11.6. The third-order valence-corrected chi connectivity index (χ3v) is 14.6. The Labute approximate surface area is 389 Å². The highest BCUT2D eigenvalue weighted by atomic mass is 32.2. The molecule has 1 fully saturated rings. The maximum atomic E-state index is 14.7. The lowest BCUT2D eigenvalue weighted by Gasteiger charge is -2.40. The number of nitriles is 2. The molecule has 0 spiro atoms. The predicted molar refractivity (Wildman–Crippen MR) is 257 cm³/mol. The van der Waals surface area contributed by atoms with E-state index < -0.39 is 37.6 Å². The van der Waals surface area contributed by atoms with Crippen LogP contribution < -0.4 is 4.90 Å². The van der Waals surface area contributed by atoms with E-state index in [1.807, 2.05) is 56.0 Å². The van der Waals surface area contributed by atoms with Gasteiger partial charge >= 0.3 is 6.09 Å². The summed E-state index contributed by atoms with van der Waals surface area (Å²) in [5.41, 5.74) is 8.23. The molecule has 2 N–H and O–H groups in total. The average Bonchev–Trinajstić information content (AvgIpc) is 3.58. The molecule has 0 bridgehead atoms. The fraction of sp³-hybridized carbons (Fsp3) is 0.529. The van der Waals surface area contributed by atoms with Crippen LogP contribution in [-0.4, -0.2) is 79.3 Å². The minimum atomic E-state index is -4.11. The number of ether oxygens (including phenoxy) is 1. The van der Waals surface area contributed by atoms with Crippen LogP contribution in [0.2, 0.25) is 0 Å². The number of nitrogens with zero attached hydrogens (tertiary/aromatic N) is 5. The second-order valence-corrected chi connectivity index (χ2v) is 22.4. The van der Waals surface area contributed by atoms with E-state index in [9.17, 15) is 37.1 Å². The molecule has 2 heterocycles. The van der Waals surface area contributed by atoms with E-state index in [1.54, 1.807) is 6.07 Å². The molecule has 1 amide bonds. The molecule has 14 heteroatoms. The van der Waals surface area contributed by atoms with Crippen molar-refractivity contribution in [1.29, 1.82) is 10.5 Å². The van der Waals surface area contributed by atoms with E-state index in [0.29, 0.717) is 49.9 Å². The van der Waals surface area contributed by atoms with Crippen LogP contribution in [0.5, 0.6) is 0 Å². The zero-order valence-electron chi connectivity index (χ0n) is 39.2. The summed E-state index contributed by atoms with van der Waals surface area (Å²) in [5.74, 6) is -0.131. The van der Waals surface area contributed by atoms with E-state index in [4.69, 9.17) is 4.74 Å². The molecule has 6 rings (SSSR count). The van der Waals surface area contributed by atoms with Crippen LogP contribution in [0.1, 0.15) is 148 Å². The quantitative estimate of drug-likeness (QED) is 0.0757. The molecule has 1 atom stereocenters. The van der Waals surface area contributed by atoms with Crippen molar-refractivity contribution < 1.29 is 35.8 Å². The van der Waals surface area contributed by atoms with Gasteiger partial charge in [-0.05, 0) is 139 Å². The highest BCUT2D eigenvalue weighted by molar-refractivity contribution is 7.85. The molecule has 2 aromatic rings. The van der Waals surface area contributed by atoms with Crippen molar-refractivity contribution >= 4 is 44.4 Å². The number of unbranched alkanes of at least 4 members (excludes halogenated alkanes) is 2. The van der Waals surface area contributed by atoms with Crippen molar-refractivity contribution in [2.24, 2.45) is 0 Å². The van der Waals surface area contributed by atoms with Crippen molar-refractivity contribution in [3.8, 4) is 12.1 Å². The second-order valence-electron chi connectivity index (χ2n) is 19.8. The number of amides is 1. The largest absolute Gasteiger partial charge is 0.443 e. The Hall–Kier alpha value is -4.86. The summed E-state index contributed by atoms with van der Waals surface area (Å²) in [6.45, 7) is 15.4. The zero-order valence-corrected chi connectivity index (χ0v) is 40.8. The molecule has 1 saturated carbocycles. The van der Waals surface area contributed by atoms with Gasteiger partial charge in [0.15, 0.2) is 16.8 Å². The topological polar surface area (TPSA) is 175 Å². The highest BCUT2D eigenvalue weighted by Crippen LogP contribution is 2.49. The van der Waals surface area contributed by atoms with Crippen molar-refractivity contribution in [2.75, 3.05) is 29.5 Å². The Morgan fingerprint density at radius 1 is 0.923 bits per heavy atom. The molecule has 12 nitrogen and oxygen atoms in total. The second kappa shape index (κ2) is 20.3. The summed E-state index contributed by atoms with van der Waals surface area (Å²) in [4.78, 5) is 18.9. The van der Waals surface area contributed by atoms with E-state index >= 15 is 0 Å². The molecule has 0 aromatic heterocycles. The Morgan fingerprint density at radius 3 is 2.25 bits per heavy atom. The molecule has 0 saturated heterocycles. The van der Waals surface area contributed by atoms with Crippen molar-refractivity contribution in [3.05, 3.63) is 105 Å². The van der Waals surface area contributed by atoms with Crippen LogP contribution in [0.3, 0.4) is 0 Å². The number of hydrogen-bond donors (Lipinski definition) is 2. The molecule has 4 aliphatic rings. The van der Waals surface area contributed by atoms with Gasteiger partial charge in [0, 0.05) is 59.3 Å². The Balaban J connectivity index is 1.53. The molecule has 65 heavy (non-hydrogen) atoms. The van der Waals surface area contributed by atoms with Crippen molar-refractivity contribution in [3.63, 3.8) is 0 Å². The van der Waals surface area contributed by atoms with E-state index in [0.717, 1.165) is 95.7 Å². The number of rotatable bonds is 15. The molecular formula is C51H66N5O7S2+. The first-order chi connectivity index (χ1) is 30.7. The van der Waals surface area contributed by atoms with Crippen molar-refractivity contribution in [2.45, 2.75) is 148 Å². The molecule has 2 aliphatic carbocycles. The fourth-order valence-electron chi connectivity index (χ4n) is 10.0. The van der Waals surface area contributed by atoms with Crippen molar-refractivity contribution in [1.82, 2.24) is 4.90 Å². The summed E-state index contributed by atoms with van der Waals surface area (Å²) in [5, 5.41) is 19.7. The van der Waals surface area contributed by atoms with Gasteiger partial charge < -0.3 is 14.2 Å². The average molecular weight is 925 g/mol. The van der Waals surface area contributed by atoms with Gasteiger partial charge in [-0.2, -0.15) is 23.5 Å². The highest BCUT2D eigenvalue weighted by Gasteiger charge is 2.45. The number of anilines is 1. The van der Waals surface area contributed by atoms with Crippen LogP contribution in [-0.2, 0) is 36.8 Å². The normalized spacial score (nSPS) is 20.3. The monoisotopic (exact) mass is 924 g/mol. The van der Waals surface area contributed by atoms with E-state index in [2.05, 4.69) is 73.6 Å². The predicted octanol–water partition coefficient (Wildman–Crippen LogP) is 10.6. The summed E-state index contributed by atoms with van der Waals surface area (Å²) < 4.78 is 62.3. The van der Waals surface area contributed by atoms with Gasteiger partial charge in [0.05, 0.1) is 40.1 Å². The first kappa shape index (κ1) is 49.6. The summed E-state index contributed by atoms with van der Waals surface area (Å²) >= 11 is -1.88. The van der Waals surface area contributed by atoms with Crippen LogP contribution in [0.25, 0.3) is 0 Å². The molecule has 2 aromatic carbocycles. The summed E-state index contributed by atoms with van der Waals surface area (Å²) in [6.07, 6.45) is 17.4. The fourth-order valence-corrected chi connectivity index (χ4v) is 11.0. The molecular weight excluding hydrogens is 859 g/mol. The number of hydrogen-bond acceptors (Lipinski definition) is 8. The standard InChI is InChI=1S/C51H65N5O7S2/c1-49(2,3)63-48(57)56(40-18-9-8-10-19-40)47-38(22-26-45-50(4,5)41-32-36(34-52)20-24-43(41)54(45)28-11-13-30-64(58)59)16-15-17-39(47)23-27-46-51(6,7)42-33-37(35-53)21-25-44(42)55(46)29-12-14-31-65(60,61)62/h20-27,32-33,40H,8-19,28-31H2,1-7H3,(H-,58,59,60,61,62)/p+1. The summed E-state index contributed by atoms with van der Waals surface area (Å²) in [7, 11) is -4.11. The van der Waals surface area contributed by atoms with E-state index in [-0.39, 0.29) is 30.1 Å². The Morgan fingerprint density at radius 2 is 1.60 bits per heavy atom. The number of benzene rings is 2. The van der Waals surface area contributed by atoms with Crippen LogP contribution in [0.15, 0.2) is 83.2 Å². The minimum Gasteiger partial charge on any atom is -0.443 e. The minimum absolute atomic E-state index is 0.0696. The number of carbonyl (C=O) groups is 1. The Bertz CT molecular complexity index is 2540.